The van der Waals surface area contributed by atoms with Crippen LogP contribution in [0, 0.1) is 0 Å². The lowest BCUT2D eigenvalue weighted by Gasteiger charge is -2.13. The average Bonchev–Trinajstić information content (AvgIpc) is 2.87. The van der Waals surface area contributed by atoms with E-state index in [9.17, 15) is 0 Å². The van der Waals surface area contributed by atoms with Gasteiger partial charge in [0.05, 0.1) is 17.7 Å². The largest absolute Gasteiger partial charge is 0.491 e. The molecule has 1 aromatic heterocycles. The standard InChI is InChI=1S/C13H16ClN3O/c1-3-10(2)18-12-6-4-5-11(7-12)17-9-15-16-13(17)8-14/h4-7,9-10H,3,8H2,1-2H3. The van der Waals surface area contributed by atoms with Gasteiger partial charge in [0.15, 0.2) is 5.82 Å². The first-order valence-corrected chi connectivity index (χ1v) is 6.50. The Labute approximate surface area is 112 Å². The number of benzene rings is 1. The highest BCUT2D eigenvalue weighted by Crippen LogP contribution is 2.19. The zero-order valence-corrected chi connectivity index (χ0v) is 11.3. The van der Waals surface area contributed by atoms with Crippen molar-refractivity contribution in [1.82, 2.24) is 14.8 Å². The summed E-state index contributed by atoms with van der Waals surface area (Å²) in [5, 5.41) is 7.82. The fourth-order valence-electron chi connectivity index (χ4n) is 1.59. The van der Waals surface area contributed by atoms with Crippen molar-refractivity contribution in [2.45, 2.75) is 32.3 Å². The van der Waals surface area contributed by atoms with E-state index in [1.54, 1.807) is 6.33 Å². The van der Waals surface area contributed by atoms with Crippen LogP contribution in [0.1, 0.15) is 26.1 Å². The van der Waals surface area contributed by atoms with Crippen molar-refractivity contribution in [2.75, 3.05) is 0 Å². The molecule has 0 bridgehead atoms. The third kappa shape index (κ3) is 2.82. The molecule has 1 atom stereocenters. The minimum absolute atomic E-state index is 0.202. The number of aromatic nitrogens is 3. The summed E-state index contributed by atoms with van der Waals surface area (Å²) in [5.74, 6) is 1.89. The summed E-state index contributed by atoms with van der Waals surface area (Å²) >= 11 is 5.82. The van der Waals surface area contributed by atoms with E-state index in [2.05, 4.69) is 24.0 Å². The molecule has 0 amide bonds. The summed E-state index contributed by atoms with van der Waals surface area (Å²) in [4.78, 5) is 0. The van der Waals surface area contributed by atoms with Crippen molar-refractivity contribution in [1.29, 1.82) is 0 Å². The van der Waals surface area contributed by atoms with Gasteiger partial charge in [-0.1, -0.05) is 13.0 Å². The molecule has 4 nitrogen and oxygen atoms in total. The molecule has 0 aliphatic heterocycles. The van der Waals surface area contributed by atoms with Gasteiger partial charge in [0.2, 0.25) is 0 Å². The number of hydrogen-bond donors (Lipinski definition) is 0. The van der Waals surface area contributed by atoms with Crippen LogP contribution in [-0.2, 0) is 5.88 Å². The zero-order chi connectivity index (χ0) is 13.0. The highest BCUT2D eigenvalue weighted by atomic mass is 35.5. The maximum atomic E-state index is 5.82. The van der Waals surface area contributed by atoms with E-state index in [4.69, 9.17) is 16.3 Å². The molecule has 1 aromatic carbocycles. The molecule has 0 aliphatic carbocycles. The van der Waals surface area contributed by atoms with Gasteiger partial charge >= 0.3 is 0 Å². The zero-order valence-electron chi connectivity index (χ0n) is 10.5. The maximum absolute atomic E-state index is 5.82. The Morgan fingerprint density at radius 1 is 1.44 bits per heavy atom. The molecule has 2 rings (SSSR count). The third-order valence-electron chi connectivity index (χ3n) is 2.75. The molecule has 1 heterocycles. The van der Waals surface area contributed by atoms with Gasteiger partial charge in [0.25, 0.3) is 0 Å². The SMILES string of the molecule is CCC(C)Oc1cccc(-n2cnnc2CCl)c1. The molecule has 0 spiro atoms. The second-order valence-electron chi connectivity index (χ2n) is 4.08. The van der Waals surface area contributed by atoms with Crippen molar-refractivity contribution in [3.05, 3.63) is 36.4 Å². The number of hydrogen-bond acceptors (Lipinski definition) is 3. The summed E-state index contributed by atoms with van der Waals surface area (Å²) < 4.78 is 7.65. The van der Waals surface area contributed by atoms with Gasteiger partial charge in [0.1, 0.15) is 12.1 Å². The van der Waals surface area contributed by atoms with E-state index in [1.807, 2.05) is 28.8 Å². The Morgan fingerprint density at radius 3 is 3.00 bits per heavy atom. The first kappa shape index (κ1) is 12.9. The first-order chi connectivity index (χ1) is 8.74. The summed E-state index contributed by atoms with van der Waals surface area (Å²) in [6.07, 6.45) is 2.83. The van der Waals surface area contributed by atoms with Crippen molar-refractivity contribution < 1.29 is 4.74 Å². The van der Waals surface area contributed by atoms with Crippen LogP contribution in [0.4, 0.5) is 0 Å². The van der Waals surface area contributed by atoms with Crippen LogP contribution in [0.3, 0.4) is 0 Å². The Balaban J connectivity index is 2.27. The molecule has 18 heavy (non-hydrogen) atoms. The molecule has 0 saturated heterocycles. The van der Waals surface area contributed by atoms with E-state index in [0.717, 1.165) is 23.7 Å². The minimum atomic E-state index is 0.202. The van der Waals surface area contributed by atoms with Gasteiger partial charge in [0, 0.05) is 6.07 Å². The van der Waals surface area contributed by atoms with E-state index in [-0.39, 0.29) is 6.10 Å². The van der Waals surface area contributed by atoms with E-state index in [1.165, 1.54) is 0 Å². The van der Waals surface area contributed by atoms with Crippen LogP contribution in [0.25, 0.3) is 5.69 Å². The van der Waals surface area contributed by atoms with Crippen LogP contribution >= 0.6 is 11.6 Å². The van der Waals surface area contributed by atoms with Crippen molar-refractivity contribution in [2.24, 2.45) is 0 Å². The van der Waals surface area contributed by atoms with Crippen LogP contribution in [0.15, 0.2) is 30.6 Å². The third-order valence-corrected chi connectivity index (χ3v) is 2.98. The number of rotatable bonds is 5. The lowest BCUT2D eigenvalue weighted by atomic mass is 10.2. The Hall–Kier alpha value is -1.55. The molecular formula is C13H16ClN3O. The Kier molecular flexibility index (Phi) is 4.20. The molecule has 0 N–H and O–H groups in total. The Morgan fingerprint density at radius 2 is 2.28 bits per heavy atom. The average molecular weight is 266 g/mol. The summed E-state index contributed by atoms with van der Waals surface area (Å²) in [6.45, 7) is 4.15. The predicted molar refractivity (Wildman–Crippen MR) is 71.3 cm³/mol. The lowest BCUT2D eigenvalue weighted by Crippen LogP contribution is -2.10. The van der Waals surface area contributed by atoms with Gasteiger partial charge in [-0.2, -0.15) is 0 Å². The number of alkyl halides is 1. The first-order valence-electron chi connectivity index (χ1n) is 5.96. The molecule has 0 radical (unpaired) electrons. The fourth-order valence-corrected chi connectivity index (χ4v) is 1.77. The second kappa shape index (κ2) is 5.87. The van der Waals surface area contributed by atoms with Gasteiger partial charge in [-0.05, 0) is 25.5 Å². The Bertz CT molecular complexity index is 512. The molecule has 96 valence electrons. The topological polar surface area (TPSA) is 39.9 Å². The summed E-state index contributed by atoms with van der Waals surface area (Å²) in [5.41, 5.74) is 0.955. The number of halogens is 1. The smallest absolute Gasteiger partial charge is 0.152 e. The van der Waals surface area contributed by atoms with Crippen molar-refractivity contribution in [3.8, 4) is 11.4 Å². The molecule has 0 fully saturated rings. The number of ether oxygens (including phenoxy) is 1. The molecule has 5 heteroatoms. The predicted octanol–water partition coefficient (Wildman–Crippen LogP) is 3.18. The highest BCUT2D eigenvalue weighted by Gasteiger charge is 2.07. The monoisotopic (exact) mass is 265 g/mol. The quantitative estimate of drug-likeness (QED) is 0.780. The van der Waals surface area contributed by atoms with E-state index >= 15 is 0 Å². The second-order valence-corrected chi connectivity index (χ2v) is 4.35. The van der Waals surface area contributed by atoms with Gasteiger partial charge < -0.3 is 4.74 Å². The van der Waals surface area contributed by atoms with Crippen molar-refractivity contribution in [3.63, 3.8) is 0 Å². The van der Waals surface area contributed by atoms with E-state index in [0.29, 0.717) is 5.88 Å². The lowest BCUT2D eigenvalue weighted by molar-refractivity contribution is 0.217. The molecule has 0 saturated carbocycles. The normalized spacial score (nSPS) is 12.4. The molecule has 1 unspecified atom stereocenters. The van der Waals surface area contributed by atoms with Crippen molar-refractivity contribution >= 4 is 11.6 Å². The van der Waals surface area contributed by atoms with E-state index < -0.39 is 0 Å². The van der Waals surface area contributed by atoms with Crippen LogP contribution in [0.2, 0.25) is 0 Å². The number of nitrogens with zero attached hydrogens (tertiary/aromatic N) is 3. The molecular weight excluding hydrogens is 250 g/mol. The van der Waals surface area contributed by atoms with Crippen LogP contribution in [-0.4, -0.2) is 20.9 Å². The summed E-state index contributed by atoms with van der Waals surface area (Å²) in [6, 6.07) is 7.83. The highest BCUT2D eigenvalue weighted by molar-refractivity contribution is 6.16. The minimum Gasteiger partial charge on any atom is -0.491 e. The maximum Gasteiger partial charge on any atom is 0.152 e. The van der Waals surface area contributed by atoms with Crippen LogP contribution < -0.4 is 4.74 Å². The van der Waals surface area contributed by atoms with Gasteiger partial charge in [-0.3, -0.25) is 4.57 Å². The fraction of sp³-hybridized carbons (Fsp3) is 0.385. The van der Waals surface area contributed by atoms with Gasteiger partial charge in [-0.15, -0.1) is 21.8 Å². The van der Waals surface area contributed by atoms with Crippen LogP contribution in [0.5, 0.6) is 5.75 Å². The molecule has 2 aromatic rings. The molecule has 0 aliphatic rings. The van der Waals surface area contributed by atoms with Gasteiger partial charge in [-0.25, -0.2) is 0 Å². The summed E-state index contributed by atoms with van der Waals surface area (Å²) in [7, 11) is 0.